The van der Waals surface area contributed by atoms with Crippen molar-refractivity contribution < 1.29 is 4.79 Å². The van der Waals surface area contributed by atoms with Crippen LogP contribution in [0.1, 0.15) is 65.0 Å². The Balaban J connectivity index is 2.54. The van der Waals surface area contributed by atoms with Gasteiger partial charge in [-0.15, -0.1) is 0 Å². The van der Waals surface area contributed by atoms with Crippen LogP contribution in [0.25, 0.3) is 5.65 Å². The molecule has 2 aromatic heterocycles. The van der Waals surface area contributed by atoms with Crippen molar-refractivity contribution in [2.75, 3.05) is 0 Å². The molecular weight excluding hydrogens is 429 g/mol. The van der Waals surface area contributed by atoms with E-state index in [4.69, 9.17) is 10.7 Å². The minimum atomic E-state index is -2.55. The van der Waals surface area contributed by atoms with Crippen LogP contribution in [0, 0.1) is 0 Å². The van der Waals surface area contributed by atoms with Crippen LogP contribution in [0.2, 0.25) is 13.3 Å². The van der Waals surface area contributed by atoms with Crippen LogP contribution < -0.4 is 9.31 Å². The number of nitrogens with zero attached hydrogens (tertiary/aromatic N) is 2. The third-order valence-electron chi connectivity index (χ3n) is 5.57. The van der Waals surface area contributed by atoms with Crippen LogP contribution in [-0.2, 0) is 11.2 Å². The molecule has 0 atom stereocenters. The van der Waals surface area contributed by atoms with Crippen molar-refractivity contribution in [3.63, 3.8) is 0 Å². The van der Waals surface area contributed by atoms with E-state index < -0.39 is 18.4 Å². The first kappa shape index (κ1) is 21.3. The summed E-state index contributed by atoms with van der Waals surface area (Å²) in [7, 11) is 0. The molecule has 5 heteroatoms. The van der Waals surface area contributed by atoms with E-state index in [-0.39, 0.29) is 12.3 Å². The summed E-state index contributed by atoms with van der Waals surface area (Å²) >= 11 is -2.55. The van der Waals surface area contributed by atoms with Crippen molar-refractivity contribution in [3.05, 3.63) is 30.2 Å². The van der Waals surface area contributed by atoms with E-state index in [1.165, 1.54) is 51.8 Å². The Labute approximate surface area is 162 Å². The first-order valence-corrected chi connectivity index (χ1v) is 17.8. The molecule has 0 bridgehead atoms. The zero-order valence-corrected chi connectivity index (χ0v) is 19.6. The van der Waals surface area contributed by atoms with E-state index in [0.29, 0.717) is 0 Å². The van der Waals surface area contributed by atoms with Gasteiger partial charge in [-0.3, -0.25) is 0 Å². The predicted molar refractivity (Wildman–Crippen MR) is 113 cm³/mol. The molecule has 2 aromatic rings. The molecule has 0 fully saturated rings. The monoisotopic (exact) mass is 465 g/mol. The number of rotatable bonds is 12. The normalized spacial score (nSPS) is 12.0. The maximum absolute atomic E-state index is 11.4. The molecule has 1 amide bonds. The van der Waals surface area contributed by atoms with Gasteiger partial charge >= 0.3 is 163 Å². The predicted octanol–water partition coefficient (Wildman–Crippen LogP) is 4.42. The number of unbranched alkanes of at least 4 members (excludes halogenated alkanes) is 3. The Morgan fingerprint density at radius 2 is 1.65 bits per heavy atom. The number of carbonyl (C=O) groups excluding carboxylic acids is 1. The number of carbonyl (C=O) groups is 1. The molecule has 0 saturated heterocycles. The van der Waals surface area contributed by atoms with Gasteiger partial charge < -0.3 is 0 Å². The van der Waals surface area contributed by atoms with E-state index >= 15 is 0 Å². The fraction of sp³-hybridized carbons (Fsp3) is 0.619. The second kappa shape index (κ2) is 10.3. The maximum atomic E-state index is 11.4. The van der Waals surface area contributed by atoms with Gasteiger partial charge in [-0.1, -0.05) is 0 Å². The van der Waals surface area contributed by atoms with Gasteiger partial charge in [-0.25, -0.2) is 0 Å². The van der Waals surface area contributed by atoms with Crippen molar-refractivity contribution in [1.29, 1.82) is 0 Å². The molecular formula is C21H35N3OSn. The summed E-state index contributed by atoms with van der Waals surface area (Å²) < 4.78 is 7.94. The summed E-state index contributed by atoms with van der Waals surface area (Å²) in [5.41, 5.74) is 7.44. The van der Waals surface area contributed by atoms with Gasteiger partial charge in [0, 0.05) is 0 Å². The van der Waals surface area contributed by atoms with Crippen molar-refractivity contribution in [2.24, 2.45) is 5.73 Å². The van der Waals surface area contributed by atoms with E-state index in [2.05, 4.69) is 37.3 Å². The first-order valence-electron chi connectivity index (χ1n) is 10.3. The van der Waals surface area contributed by atoms with Crippen molar-refractivity contribution in [2.45, 2.75) is 79.0 Å². The molecule has 0 saturated carbocycles. The van der Waals surface area contributed by atoms with E-state index in [0.717, 1.165) is 11.3 Å². The van der Waals surface area contributed by atoms with Gasteiger partial charge in [0.2, 0.25) is 0 Å². The molecule has 2 heterocycles. The molecule has 0 aliphatic rings. The molecule has 144 valence electrons. The molecule has 0 aliphatic carbocycles. The van der Waals surface area contributed by atoms with Crippen LogP contribution >= 0.6 is 0 Å². The molecule has 0 aliphatic heterocycles. The Morgan fingerprint density at radius 3 is 2.15 bits per heavy atom. The van der Waals surface area contributed by atoms with Crippen LogP contribution in [0.4, 0.5) is 0 Å². The summed E-state index contributed by atoms with van der Waals surface area (Å²) in [6.07, 6.45) is 11.9. The average Bonchev–Trinajstić information content (AvgIpc) is 3.04. The average molecular weight is 464 g/mol. The Morgan fingerprint density at radius 1 is 1.08 bits per heavy atom. The Kier molecular flexibility index (Phi) is 8.45. The second-order valence-electron chi connectivity index (χ2n) is 7.60. The summed E-state index contributed by atoms with van der Waals surface area (Å²) in [6.45, 7) is 6.91. The number of pyridine rings is 1. The molecule has 0 unspecified atom stereocenters. The quantitative estimate of drug-likeness (QED) is 0.473. The molecule has 0 radical (unpaired) electrons. The number of amides is 1. The van der Waals surface area contributed by atoms with Crippen LogP contribution in [-0.4, -0.2) is 33.7 Å². The number of aromatic nitrogens is 2. The zero-order valence-electron chi connectivity index (χ0n) is 16.8. The van der Waals surface area contributed by atoms with Crippen LogP contribution in [0.5, 0.6) is 0 Å². The molecule has 2 rings (SSSR count). The molecule has 4 nitrogen and oxygen atoms in total. The van der Waals surface area contributed by atoms with Crippen LogP contribution in [0.3, 0.4) is 0 Å². The number of primary amides is 1. The number of hydrogen-bond acceptors (Lipinski definition) is 2. The molecule has 2 N–H and O–H groups in total. The molecule has 0 aromatic carbocycles. The summed E-state index contributed by atoms with van der Waals surface area (Å²) in [6, 6.07) is 4.51. The van der Waals surface area contributed by atoms with E-state index in [9.17, 15) is 4.79 Å². The van der Waals surface area contributed by atoms with Crippen LogP contribution in [0.15, 0.2) is 24.5 Å². The van der Waals surface area contributed by atoms with E-state index in [1.54, 1.807) is 3.58 Å². The SMILES string of the molecule is CCC[CH2][Sn]([CH2]CCC)([CH2]CCC)[c]1cccn2c(CC(N)=O)cnc12. The number of nitrogens with two attached hydrogens (primary N) is 1. The summed E-state index contributed by atoms with van der Waals surface area (Å²) in [5.74, 6) is -0.296. The number of fused-ring (bicyclic) bond motifs is 1. The Bertz CT molecular complexity index is 689. The third-order valence-corrected chi connectivity index (χ3v) is 21.2. The van der Waals surface area contributed by atoms with Gasteiger partial charge in [0.15, 0.2) is 0 Å². The van der Waals surface area contributed by atoms with Gasteiger partial charge in [0.05, 0.1) is 0 Å². The summed E-state index contributed by atoms with van der Waals surface area (Å²) in [4.78, 5) is 16.2. The van der Waals surface area contributed by atoms with Gasteiger partial charge in [0.1, 0.15) is 0 Å². The number of hydrogen-bond donors (Lipinski definition) is 1. The Hall–Kier alpha value is -1.04. The van der Waals surface area contributed by atoms with Gasteiger partial charge in [-0.2, -0.15) is 0 Å². The van der Waals surface area contributed by atoms with Crippen molar-refractivity contribution in [3.8, 4) is 0 Å². The van der Waals surface area contributed by atoms with E-state index in [1.807, 2.05) is 12.4 Å². The summed E-state index contributed by atoms with van der Waals surface area (Å²) in [5, 5.41) is 0. The first-order chi connectivity index (χ1) is 12.6. The van der Waals surface area contributed by atoms with Crippen molar-refractivity contribution in [1.82, 2.24) is 9.38 Å². The third kappa shape index (κ3) is 5.02. The second-order valence-corrected chi connectivity index (χ2v) is 20.7. The number of imidazole rings is 1. The minimum absolute atomic E-state index is 0.256. The molecule has 0 spiro atoms. The standard InChI is InChI=1S/C9H8N3O.3C4H9.Sn/c10-8(13)5-7-6-11-9-3-1-2-4-12(7)9;3*1-3-4-2;/h1-2,4,6H,5H2,(H2,10,13);3*1,3-4H2,2H3;. The fourth-order valence-electron chi connectivity index (χ4n) is 4.11. The molecule has 26 heavy (non-hydrogen) atoms. The fourth-order valence-corrected chi connectivity index (χ4v) is 20.5. The zero-order chi connectivity index (χ0) is 19.0. The van der Waals surface area contributed by atoms with Gasteiger partial charge in [0.25, 0.3) is 0 Å². The van der Waals surface area contributed by atoms with Crippen molar-refractivity contribution >= 4 is 33.5 Å². The van der Waals surface area contributed by atoms with Gasteiger partial charge in [-0.05, 0) is 0 Å². The topological polar surface area (TPSA) is 60.4 Å².